The molecule has 0 aliphatic carbocycles. The van der Waals surface area contributed by atoms with Gasteiger partial charge in [-0.05, 0) is 44.4 Å². The monoisotopic (exact) mass is 291 g/mol. The van der Waals surface area contributed by atoms with Crippen molar-refractivity contribution in [2.24, 2.45) is 5.92 Å². The number of furan rings is 1. The number of piperidine rings is 1. The maximum atomic E-state index is 5.78. The quantitative estimate of drug-likeness (QED) is 0.923. The van der Waals surface area contributed by atoms with Gasteiger partial charge < -0.3 is 14.6 Å². The molecule has 2 aliphatic rings. The minimum Gasteiger partial charge on any atom is -0.468 e. The van der Waals surface area contributed by atoms with Gasteiger partial charge in [0, 0.05) is 38.8 Å². The van der Waals surface area contributed by atoms with Crippen LogP contribution in [0.1, 0.15) is 38.5 Å². The molecule has 3 atom stereocenters. The first kappa shape index (κ1) is 15.1. The first-order valence-corrected chi connectivity index (χ1v) is 8.46. The molecule has 0 saturated carbocycles. The Kier molecular flexibility index (Phi) is 4.99. The highest BCUT2D eigenvalue weighted by atomic mass is 16.3. The second kappa shape index (κ2) is 6.95. The van der Waals surface area contributed by atoms with E-state index in [2.05, 4.69) is 35.0 Å². The second-order valence-electron chi connectivity index (χ2n) is 6.83. The molecule has 0 aromatic carbocycles. The highest BCUT2D eigenvalue weighted by Gasteiger charge is 2.31. The molecule has 3 rings (SSSR count). The number of likely N-dealkylation sites (tertiary alicyclic amines) is 1. The summed E-state index contributed by atoms with van der Waals surface area (Å²) in [6.07, 6.45) is 4.53. The van der Waals surface area contributed by atoms with Crippen LogP contribution in [0, 0.1) is 5.92 Å². The summed E-state index contributed by atoms with van der Waals surface area (Å²) in [4.78, 5) is 5.25. The van der Waals surface area contributed by atoms with Crippen LogP contribution >= 0.6 is 0 Å². The molecule has 1 aromatic rings. The first-order valence-electron chi connectivity index (χ1n) is 8.46. The lowest BCUT2D eigenvalue weighted by molar-refractivity contribution is 0.0592. The number of rotatable bonds is 4. The maximum absolute atomic E-state index is 5.78. The fraction of sp³-hybridized carbons (Fsp3) is 0.765. The van der Waals surface area contributed by atoms with Crippen LogP contribution < -0.4 is 5.32 Å². The zero-order chi connectivity index (χ0) is 14.7. The lowest BCUT2D eigenvalue weighted by atomic mass is 9.99. The zero-order valence-corrected chi connectivity index (χ0v) is 13.4. The third-order valence-corrected chi connectivity index (χ3v) is 5.00. The Morgan fingerprint density at radius 3 is 3.00 bits per heavy atom. The lowest BCUT2D eigenvalue weighted by Gasteiger charge is -2.42. The van der Waals surface area contributed by atoms with E-state index in [1.165, 1.54) is 25.9 Å². The normalized spacial score (nSPS) is 30.4. The molecule has 1 N–H and O–H groups in total. The molecule has 3 unspecified atom stereocenters. The maximum Gasteiger partial charge on any atom is 0.122 e. The molecule has 0 bridgehead atoms. The second-order valence-corrected chi connectivity index (χ2v) is 6.83. The molecule has 3 heterocycles. The first-order chi connectivity index (χ1) is 10.2. The predicted molar refractivity (Wildman–Crippen MR) is 85.3 cm³/mol. The molecule has 2 saturated heterocycles. The van der Waals surface area contributed by atoms with Crippen molar-refractivity contribution in [2.45, 2.75) is 38.8 Å². The summed E-state index contributed by atoms with van der Waals surface area (Å²) in [6.45, 7) is 11.5. The Balaban J connectivity index is 1.73. The average Bonchev–Trinajstić information content (AvgIpc) is 3.00. The third kappa shape index (κ3) is 3.68. The molecule has 4 heteroatoms. The van der Waals surface area contributed by atoms with Crippen molar-refractivity contribution in [3.8, 4) is 0 Å². The van der Waals surface area contributed by atoms with E-state index in [9.17, 15) is 0 Å². The van der Waals surface area contributed by atoms with Crippen LogP contribution in [-0.4, -0.2) is 55.1 Å². The fourth-order valence-electron chi connectivity index (χ4n) is 3.86. The van der Waals surface area contributed by atoms with Gasteiger partial charge in [-0.2, -0.15) is 0 Å². The van der Waals surface area contributed by atoms with Gasteiger partial charge in [0.2, 0.25) is 0 Å². The predicted octanol–water partition coefficient (Wildman–Crippen LogP) is 2.35. The Hall–Kier alpha value is -0.840. The van der Waals surface area contributed by atoms with Gasteiger partial charge in [0.15, 0.2) is 0 Å². The molecular formula is C17H29N3O. The number of nitrogens with zero attached hydrogens (tertiary/aromatic N) is 2. The van der Waals surface area contributed by atoms with Crippen molar-refractivity contribution in [1.29, 1.82) is 0 Å². The number of piperazine rings is 1. The van der Waals surface area contributed by atoms with Gasteiger partial charge in [0.1, 0.15) is 5.76 Å². The van der Waals surface area contributed by atoms with Gasteiger partial charge in [-0.1, -0.05) is 6.92 Å². The molecule has 0 amide bonds. The highest BCUT2D eigenvalue weighted by Crippen LogP contribution is 2.27. The van der Waals surface area contributed by atoms with Gasteiger partial charge in [-0.25, -0.2) is 0 Å². The van der Waals surface area contributed by atoms with Crippen molar-refractivity contribution in [3.63, 3.8) is 0 Å². The molecule has 1 aromatic heterocycles. The summed E-state index contributed by atoms with van der Waals surface area (Å²) in [6, 6.07) is 5.12. The zero-order valence-electron chi connectivity index (χ0n) is 13.4. The smallest absolute Gasteiger partial charge is 0.122 e. The van der Waals surface area contributed by atoms with Crippen molar-refractivity contribution in [1.82, 2.24) is 15.1 Å². The Morgan fingerprint density at radius 2 is 2.29 bits per heavy atom. The summed E-state index contributed by atoms with van der Waals surface area (Å²) in [5, 5.41) is 3.49. The molecule has 2 aliphatic heterocycles. The van der Waals surface area contributed by atoms with Crippen LogP contribution in [0.2, 0.25) is 0 Å². The summed E-state index contributed by atoms with van der Waals surface area (Å²) >= 11 is 0. The van der Waals surface area contributed by atoms with Gasteiger partial charge in [-0.3, -0.25) is 4.90 Å². The summed E-state index contributed by atoms with van der Waals surface area (Å²) in [5.74, 6) is 1.96. The third-order valence-electron chi connectivity index (χ3n) is 5.00. The summed E-state index contributed by atoms with van der Waals surface area (Å²) < 4.78 is 5.78. The van der Waals surface area contributed by atoms with Crippen LogP contribution in [0.25, 0.3) is 0 Å². The average molecular weight is 291 g/mol. The fourth-order valence-corrected chi connectivity index (χ4v) is 3.86. The molecule has 4 nitrogen and oxygen atoms in total. The number of nitrogens with one attached hydrogen (secondary N) is 1. The van der Waals surface area contributed by atoms with Gasteiger partial charge in [0.05, 0.1) is 12.3 Å². The van der Waals surface area contributed by atoms with Crippen LogP contribution in [-0.2, 0) is 0 Å². The van der Waals surface area contributed by atoms with E-state index >= 15 is 0 Å². The Labute approximate surface area is 128 Å². The van der Waals surface area contributed by atoms with E-state index in [1.54, 1.807) is 0 Å². The lowest BCUT2D eigenvalue weighted by Crippen LogP contribution is -2.53. The van der Waals surface area contributed by atoms with Crippen LogP contribution in [0.15, 0.2) is 22.8 Å². The number of hydrogen-bond donors (Lipinski definition) is 1. The molecule has 0 spiro atoms. The largest absolute Gasteiger partial charge is 0.468 e. The van der Waals surface area contributed by atoms with Crippen LogP contribution in [0.4, 0.5) is 0 Å². The van der Waals surface area contributed by atoms with Crippen molar-refractivity contribution >= 4 is 0 Å². The van der Waals surface area contributed by atoms with Gasteiger partial charge in [-0.15, -0.1) is 0 Å². The van der Waals surface area contributed by atoms with Crippen LogP contribution in [0.3, 0.4) is 0 Å². The van der Waals surface area contributed by atoms with E-state index in [-0.39, 0.29) is 0 Å². The van der Waals surface area contributed by atoms with E-state index < -0.39 is 0 Å². The van der Waals surface area contributed by atoms with E-state index in [1.807, 2.05) is 12.3 Å². The van der Waals surface area contributed by atoms with E-state index in [0.717, 1.165) is 37.9 Å². The Bertz CT molecular complexity index is 420. The van der Waals surface area contributed by atoms with E-state index in [4.69, 9.17) is 4.42 Å². The van der Waals surface area contributed by atoms with Crippen molar-refractivity contribution in [2.75, 3.05) is 39.3 Å². The van der Waals surface area contributed by atoms with Gasteiger partial charge >= 0.3 is 0 Å². The minimum absolute atomic E-state index is 0.391. The van der Waals surface area contributed by atoms with E-state index in [0.29, 0.717) is 12.1 Å². The number of hydrogen-bond acceptors (Lipinski definition) is 4. The molecular weight excluding hydrogens is 262 g/mol. The van der Waals surface area contributed by atoms with Crippen LogP contribution in [0.5, 0.6) is 0 Å². The standard InChI is InChI=1S/C17H29N3O/c1-14-5-3-8-19(12-14)13-16(17-6-4-10-21-17)20-9-7-18-11-15(20)2/h4,6,10,14-16,18H,3,5,7-9,11-13H2,1-2H3. The molecule has 21 heavy (non-hydrogen) atoms. The minimum atomic E-state index is 0.391. The van der Waals surface area contributed by atoms with Gasteiger partial charge in [0.25, 0.3) is 0 Å². The van der Waals surface area contributed by atoms with Crippen molar-refractivity contribution in [3.05, 3.63) is 24.2 Å². The summed E-state index contributed by atoms with van der Waals surface area (Å²) in [7, 11) is 0. The highest BCUT2D eigenvalue weighted by molar-refractivity contribution is 5.07. The topological polar surface area (TPSA) is 31.7 Å². The molecule has 0 radical (unpaired) electrons. The van der Waals surface area contributed by atoms with Crippen molar-refractivity contribution < 1.29 is 4.42 Å². The molecule has 2 fully saturated rings. The SMILES string of the molecule is CC1CCCN(CC(c2ccco2)N2CCNCC2C)C1. The molecule has 118 valence electrons. The Morgan fingerprint density at radius 1 is 1.38 bits per heavy atom. The summed E-state index contributed by atoms with van der Waals surface area (Å²) in [5.41, 5.74) is 0.